The van der Waals surface area contributed by atoms with E-state index in [4.69, 9.17) is 4.74 Å². The lowest BCUT2D eigenvalue weighted by atomic mass is 10.2. The molecule has 0 bridgehead atoms. The van der Waals surface area contributed by atoms with Crippen LogP contribution in [0.15, 0.2) is 53.4 Å². The van der Waals surface area contributed by atoms with Gasteiger partial charge < -0.3 is 4.74 Å². The third kappa shape index (κ3) is 4.27. The molecule has 0 atom stereocenters. The molecule has 0 spiro atoms. The molecule has 0 saturated heterocycles. The maximum absolute atomic E-state index is 12.0. The lowest BCUT2D eigenvalue weighted by molar-refractivity contribution is -0.384. The molecule has 9 heteroatoms. The van der Waals surface area contributed by atoms with Crippen LogP contribution in [0.5, 0.6) is 5.75 Å². The number of ether oxygens (including phenoxy) is 1. The topological polar surface area (TPSA) is 116 Å². The summed E-state index contributed by atoms with van der Waals surface area (Å²) >= 11 is 0. The fraction of sp³-hybridized carbons (Fsp3) is 0.0714. The number of aryl methyl sites for hydroxylation is 1. The highest BCUT2D eigenvalue weighted by atomic mass is 32.2. The molecule has 0 fully saturated rings. The molecule has 2 aromatic carbocycles. The minimum absolute atomic E-state index is 0.0211. The van der Waals surface area contributed by atoms with E-state index in [0.29, 0.717) is 0 Å². The third-order valence-electron chi connectivity index (χ3n) is 2.81. The number of nitro benzene ring substituents is 1. The van der Waals surface area contributed by atoms with Gasteiger partial charge in [0.2, 0.25) is 0 Å². The maximum Gasteiger partial charge on any atom is 0.426 e. The highest BCUT2D eigenvalue weighted by Gasteiger charge is 2.19. The maximum atomic E-state index is 12.0. The van der Waals surface area contributed by atoms with Crippen molar-refractivity contribution in [3.05, 3.63) is 64.2 Å². The van der Waals surface area contributed by atoms with E-state index in [9.17, 15) is 23.3 Å². The van der Waals surface area contributed by atoms with Crippen molar-refractivity contribution in [2.45, 2.75) is 11.8 Å². The first kappa shape index (κ1) is 16.4. The van der Waals surface area contributed by atoms with Crippen molar-refractivity contribution >= 4 is 21.8 Å². The van der Waals surface area contributed by atoms with Crippen LogP contribution in [0, 0.1) is 17.0 Å². The molecule has 120 valence electrons. The molecule has 8 nitrogen and oxygen atoms in total. The van der Waals surface area contributed by atoms with Gasteiger partial charge >= 0.3 is 6.09 Å². The molecule has 2 rings (SSSR count). The summed E-state index contributed by atoms with van der Waals surface area (Å²) in [4.78, 5) is 21.5. The van der Waals surface area contributed by atoms with Crippen LogP contribution in [0.25, 0.3) is 0 Å². The van der Waals surface area contributed by atoms with Crippen molar-refractivity contribution in [2.24, 2.45) is 0 Å². The summed E-state index contributed by atoms with van der Waals surface area (Å²) in [5.41, 5.74) is 0.697. The van der Waals surface area contributed by atoms with Crippen LogP contribution in [0.2, 0.25) is 0 Å². The molecule has 23 heavy (non-hydrogen) atoms. The third-order valence-corrected chi connectivity index (χ3v) is 4.14. The van der Waals surface area contributed by atoms with Gasteiger partial charge in [0.15, 0.2) is 0 Å². The Bertz CT molecular complexity index is 829. The van der Waals surface area contributed by atoms with Gasteiger partial charge in [0.05, 0.1) is 9.82 Å². The number of hydrogen-bond donors (Lipinski definition) is 1. The summed E-state index contributed by atoms with van der Waals surface area (Å²) < 4.78 is 30.5. The monoisotopic (exact) mass is 336 g/mol. The number of nitrogens with one attached hydrogen (secondary N) is 1. The summed E-state index contributed by atoms with van der Waals surface area (Å²) in [5, 5.41) is 10.5. The van der Waals surface area contributed by atoms with Crippen molar-refractivity contribution in [3.63, 3.8) is 0 Å². The van der Waals surface area contributed by atoms with Gasteiger partial charge in [-0.1, -0.05) is 17.7 Å². The number of non-ortho nitro benzene ring substituents is 1. The molecule has 0 aliphatic heterocycles. The Morgan fingerprint density at radius 1 is 1.09 bits per heavy atom. The minimum Gasteiger partial charge on any atom is -0.410 e. The first-order chi connectivity index (χ1) is 10.8. The van der Waals surface area contributed by atoms with Gasteiger partial charge in [0, 0.05) is 12.1 Å². The molecule has 0 aromatic heterocycles. The van der Waals surface area contributed by atoms with E-state index in [1.165, 1.54) is 24.3 Å². The molecule has 0 heterocycles. The average molecular weight is 336 g/mol. The fourth-order valence-electron chi connectivity index (χ4n) is 1.65. The summed E-state index contributed by atoms with van der Waals surface area (Å²) in [6.07, 6.45) is -1.21. The smallest absolute Gasteiger partial charge is 0.410 e. The molecular formula is C14H12N2O6S. The van der Waals surface area contributed by atoms with Gasteiger partial charge in [-0.3, -0.25) is 10.1 Å². The molecule has 0 unspecified atom stereocenters. The van der Waals surface area contributed by atoms with Gasteiger partial charge in [0.1, 0.15) is 5.75 Å². The first-order valence-corrected chi connectivity index (χ1v) is 7.82. The minimum atomic E-state index is -4.05. The summed E-state index contributed by atoms with van der Waals surface area (Å²) in [7, 11) is -4.05. The number of benzene rings is 2. The Labute approximate surface area is 131 Å². The second-order valence-corrected chi connectivity index (χ2v) is 6.24. The van der Waals surface area contributed by atoms with Crippen LogP contribution in [0.1, 0.15) is 5.56 Å². The molecule has 0 aliphatic rings. The SMILES string of the molecule is Cc1ccc(S(=O)(=O)NC(=O)Oc2ccc([N+](=O)[O-])cc2)cc1. The zero-order valence-corrected chi connectivity index (χ0v) is 12.7. The number of carbonyl (C=O) groups excluding carboxylic acids is 1. The number of nitro groups is 1. The first-order valence-electron chi connectivity index (χ1n) is 6.34. The van der Waals surface area contributed by atoms with E-state index in [1.54, 1.807) is 23.8 Å². The molecule has 0 radical (unpaired) electrons. The molecule has 1 amide bonds. The van der Waals surface area contributed by atoms with Crippen LogP contribution in [-0.4, -0.2) is 19.4 Å². The van der Waals surface area contributed by atoms with Crippen molar-refractivity contribution < 1.29 is 22.9 Å². The Kier molecular flexibility index (Phi) is 4.60. The van der Waals surface area contributed by atoms with E-state index >= 15 is 0 Å². The summed E-state index contributed by atoms with van der Waals surface area (Å²) in [6, 6.07) is 10.6. The molecule has 2 aromatic rings. The van der Waals surface area contributed by atoms with Crippen LogP contribution < -0.4 is 9.46 Å². The number of nitrogens with zero attached hydrogens (tertiary/aromatic N) is 1. The van der Waals surface area contributed by atoms with Gasteiger partial charge in [0.25, 0.3) is 15.7 Å². The number of hydrogen-bond acceptors (Lipinski definition) is 6. The predicted molar refractivity (Wildman–Crippen MR) is 80.6 cm³/mol. The lowest BCUT2D eigenvalue weighted by Gasteiger charge is -2.08. The molecule has 1 N–H and O–H groups in total. The number of carbonyl (C=O) groups is 1. The van der Waals surface area contributed by atoms with Gasteiger partial charge in [-0.25, -0.2) is 17.9 Å². The van der Waals surface area contributed by atoms with Crippen molar-refractivity contribution in [1.82, 2.24) is 4.72 Å². The van der Waals surface area contributed by atoms with Crippen LogP contribution in [0.3, 0.4) is 0 Å². The zero-order valence-electron chi connectivity index (χ0n) is 11.9. The second kappa shape index (κ2) is 6.44. The van der Waals surface area contributed by atoms with Crippen LogP contribution >= 0.6 is 0 Å². The van der Waals surface area contributed by atoms with Gasteiger partial charge in [-0.05, 0) is 31.2 Å². The lowest BCUT2D eigenvalue weighted by Crippen LogP contribution is -2.33. The standard InChI is InChI=1S/C14H12N2O6S/c1-10-2-8-13(9-3-10)23(20,21)15-14(17)22-12-6-4-11(5-7-12)16(18)19/h2-9H,1H3,(H,15,17). The fourth-order valence-corrected chi connectivity index (χ4v) is 2.52. The molecular weight excluding hydrogens is 324 g/mol. The van der Waals surface area contributed by atoms with Gasteiger partial charge in [-0.2, -0.15) is 0 Å². The Hall–Kier alpha value is -2.94. The summed E-state index contributed by atoms with van der Waals surface area (Å²) in [6.45, 7) is 1.80. The van der Waals surface area contributed by atoms with Gasteiger partial charge in [-0.15, -0.1) is 0 Å². The van der Waals surface area contributed by atoms with E-state index in [2.05, 4.69) is 0 Å². The molecule has 0 aliphatic carbocycles. The van der Waals surface area contributed by atoms with Crippen LogP contribution in [-0.2, 0) is 10.0 Å². The quantitative estimate of drug-likeness (QED) is 0.677. The van der Waals surface area contributed by atoms with E-state index < -0.39 is 21.0 Å². The largest absolute Gasteiger partial charge is 0.426 e. The van der Waals surface area contributed by atoms with Crippen molar-refractivity contribution in [3.8, 4) is 5.75 Å². The number of rotatable bonds is 4. The van der Waals surface area contributed by atoms with Crippen molar-refractivity contribution in [1.29, 1.82) is 0 Å². The highest BCUT2D eigenvalue weighted by Crippen LogP contribution is 2.17. The number of sulfonamides is 1. The number of amides is 1. The highest BCUT2D eigenvalue weighted by molar-refractivity contribution is 7.90. The van der Waals surface area contributed by atoms with E-state index in [-0.39, 0.29) is 16.3 Å². The Morgan fingerprint density at radius 3 is 2.17 bits per heavy atom. The van der Waals surface area contributed by atoms with E-state index in [0.717, 1.165) is 17.7 Å². The average Bonchev–Trinajstić information content (AvgIpc) is 2.47. The molecule has 0 saturated carbocycles. The van der Waals surface area contributed by atoms with E-state index in [1.807, 2.05) is 0 Å². The predicted octanol–water partition coefficient (Wildman–Crippen LogP) is 2.38. The Balaban J connectivity index is 2.06. The van der Waals surface area contributed by atoms with Crippen LogP contribution in [0.4, 0.5) is 10.5 Å². The normalized spacial score (nSPS) is 10.8. The Morgan fingerprint density at radius 2 is 1.65 bits per heavy atom. The zero-order chi connectivity index (χ0) is 17.0. The van der Waals surface area contributed by atoms with Crippen molar-refractivity contribution in [2.75, 3.05) is 0 Å². The summed E-state index contributed by atoms with van der Waals surface area (Å²) in [5.74, 6) is -0.0211. The second-order valence-electron chi connectivity index (χ2n) is 4.56.